The largest absolute Gasteiger partial charge is 0.312 e. The zero-order valence-corrected chi connectivity index (χ0v) is 28.0. The zero-order chi connectivity index (χ0) is 34.0. The predicted molar refractivity (Wildman–Crippen MR) is 203 cm³/mol. The second-order valence-corrected chi connectivity index (χ2v) is 14.0. The Labute approximate surface area is 291 Å². The summed E-state index contributed by atoms with van der Waals surface area (Å²) in [5, 5.41) is 23.4. The normalized spacial score (nSPS) is 21.0. The van der Waals surface area contributed by atoms with Gasteiger partial charge in [-0.1, -0.05) is 117 Å². The highest BCUT2D eigenvalue weighted by Gasteiger charge is 2.49. The van der Waals surface area contributed by atoms with Crippen molar-refractivity contribution in [3.05, 3.63) is 174 Å². The molecule has 0 saturated carbocycles. The Morgan fingerprint density at radius 3 is 2.28 bits per heavy atom. The van der Waals surface area contributed by atoms with Gasteiger partial charge in [-0.05, 0) is 60.5 Å². The van der Waals surface area contributed by atoms with Gasteiger partial charge < -0.3 is 9.13 Å². The van der Waals surface area contributed by atoms with Crippen LogP contribution in [0.2, 0.25) is 0 Å². The highest BCUT2D eigenvalue weighted by atomic mass is 15.0. The average Bonchev–Trinajstić information content (AvgIpc) is 3.67. The molecule has 5 aromatic carbocycles. The molecule has 0 fully saturated rings. The van der Waals surface area contributed by atoms with Gasteiger partial charge in [0.1, 0.15) is 6.07 Å². The predicted octanol–water partition coefficient (Wildman–Crippen LogP) is 11.0. The standard InChI is InChI=1S/C46H34N4/c1-45(26-24-35-34-16-7-9-21-41(34)50(43(35)28-45)40-20-8-6-13-32(40)30-48)46(2)25-11-10-19-39(46)37-18-12-17-36-38-27-31(29-47)22-23-42(38)49(44(36)37)33-14-4-3-5-15-33/h3-27,39H,28H2,1-2H3. The number of rotatable bonds is 4. The third-order valence-electron chi connectivity index (χ3n) is 11.5. The topological polar surface area (TPSA) is 57.4 Å². The van der Waals surface area contributed by atoms with Crippen molar-refractivity contribution in [3.63, 3.8) is 0 Å². The van der Waals surface area contributed by atoms with Crippen molar-refractivity contribution >= 4 is 38.8 Å². The number of allylic oxidation sites excluding steroid dienone is 5. The monoisotopic (exact) mass is 642 g/mol. The molecule has 4 heteroatoms. The quantitative estimate of drug-likeness (QED) is 0.192. The van der Waals surface area contributed by atoms with E-state index in [1.165, 1.54) is 27.7 Å². The van der Waals surface area contributed by atoms with E-state index >= 15 is 0 Å². The summed E-state index contributed by atoms with van der Waals surface area (Å²) in [6, 6.07) is 44.5. The van der Waals surface area contributed by atoms with Crippen molar-refractivity contribution in [3.8, 4) is 23.5 Å². The van der Waals surface area contributed by atoms with E-state index in [2.05, 4.69) is 157 Å². The van der Waals surface area contributed by atoms with Crippen molar-refractivity contribution in [1.82, 2.24) is 9.13 Å². The van der Waals surface area contributed by atoms with Crippen LogP contribution in [0.1, 0.15) is 47.7 Å². The number of hydrogen-bond acceptors (Lipinski definition) is 2. The van der Waals surface area contributed by atoms with Gasteiger partial charge in [0, 0.05) is 49.9 Å². The maximum Gasteiger partial charge on any atom is 0.101 e. The minimum absolute atomic E-state index is 0.0406. The number of nitriles is 2. The van der Waals surface area contributed by atoms with E-state index in [4.69, 9.17) is 0 Å². The molecule has 0 spiro atoms. The molecule has 50 heavy (non-hydrogen) atoms. The van der Waals surface area contributed by atoms with Crippen LogP contribution in [0.3, 0.4) is 0 Å². The third-order valence-corrected chi connectivity index (χ3v) is 11.5. The van der Waals surface area contributed by atoms with Crippen LogP contribution in [0.25, 0.3) is 50.2 Å². The summed E-state index contributed by atoms with van der Waals surface area (Å²) in [6.45, 7) is 4.80. The van der Waals surface area contributed by atoms with E-state index < -0.39 is 0 Å². The molecular weight excluding hydrogens is 609 g/mol. The molecular formula is C46H34N4. The molecule has 0 bridgehead atoms. The van der Waals surface area contributed by atoms with Gasteiger partial charge in [0.2, 0.25) is 0 Å². The van der Waals surface area contributed by atoms with Crippen LogP contribution in [-0.4, -0.2) is 9.13 Å². The summed E-state index contributed by atoms with van der Waals surface area (Å²) < 4.78 is 4.70. The lowest BCUT2D eigenvalue weighted by molar-refractivity contribution is 0.155. The number of benzene rings is 5. The van der Waals surface area contributed by atoms with E-state index in [9.17, 15) is 10.5 Å². The summed E-state index contributed by atoms with van der Waals surface area (Å²) in [5.74, 6) is 0.0406. The SMILES string of the molecule is CC1(C2(C)C=CC=CC2c2cccc3c4cc(C#N)ccc4n(-c4ccccc4)c23)C=Cc2c(n(-c3ccccc3C#N)c3ccccc23)C1. The van der Waals surface area contributed by atoms with Gasteiger partial charge in [-0.15, -0.1) is 0 Å². The van der Waals surface area contributed by atoms with E-state index in [-0.39, 0.29) is 16.7 Å². The maximum atomic E-state index is 10.2. The Hall–Kier alpha value is -6.36. The minimum atomic E-state index is -0.323. The first-order valence-electron chi connectivity index (χ1n) is 17.2. The van der Waals surface area contributed by atoms with Gasteiger partial charge in [-0.3, -0.25) is 0 Å². The highest BCUT2D eigenvalue weighted by molar-refractivity contribution is 6.11. The van der Waals surface area contributed by atoms with Gasteiger partial charge in [-0.2, -0.15) is 10.5 Å². The van der Waals surface area contributed by atoms with Crippen molar-refractivity contribution in [1.29, 1.82) is 10.5 Å². The average molecular weight is 643 g/mol. The fourth-order valence-electron chi connectivity index (χ4n) is 8.73. The van der Waals surface area contributed by atoms with Crippen molar-refractivity contribution in [2.24, 2.45) is 10.8 Å². The maximum absolute atomic E-state index is 10.2. The van der Waals surface area contributed by atoms with Crippen molar-refractivity contribution in [2.75, 3.05) is 0 Å². The van der Waals surface area contributed by atoms with Crippen LogP contribution in [0.5, 0.6) is 0 Å². The van der Waals surface area contributed by atoms with Crippen LogP contribution >= 0.6 is 0 Å². The molecule has 2 aliphatic carbocycles. The molecule has 0 radical (unpaired) electrons. The Morgan fingerprint density at radius 1 is 0.680 bits per heavy atom. The van der Waals surface area contributed by atoms with Gasteiger partial charge in [0.25, 0.3) is 0 Å². The minimum Gasteiger partial charge on any atom is -0.312 e. The third kappa shape index (κ3) is 4.16. The lowest BCUT2D eigenvalue weighted by Gasteiger charge is -2.50. The van der Waals surface area contributed by atoms with Crippen LogP contribution in [0, 0.1) is 33.5 Å². The number of aromatic nitrogens is 2. The number of para-hydroxylation sites is 4. The summed E-state index contributed by atoms with van der Waals surface area (Å²) in [6.07, 6.45) is 14.7. The summed E-state index contributed by atoms with van der Waals surface area (Å²) in [4.78, 5) is 0. The first-order valence-corrected chi connectivity index (χ1v) is 17.2. The first-order chi connectivity index (χ1) is 24.5. The Kier molecular flexibility index (Phi) is 6.60. The molecule has 0 aliphatic heterocycles. The first kappa shape index (κ1) is 29.8. The number of fused-ring (bicyclic) bond motifs is 6. The summed E-state index contributed by atoms with van der Waals surface area (Å²) in [5.41, 5.74) is 9.78. The lowest BCUT2D eigenvalue weighted by atomic mass is 9.53. The second kappa shape index (κ2) is 11.1. The van der Waals surface area contributed by atoms with Crippen LogP contribution < -0.4 is 0 Å². The molecule has 3 atom stereocenters. The van der Waals surface area contributed by atoms with Gasteiger partial charge in [-0.25, -0.2) is 0 Å². The molecule has 2 aliphatic rings. The van der Waals surface area contributed by atoms with Crippen LogP contribution in [0.4, 0.5) is 0 Å². The van der Waals surface area contributed by atoms with Gasteiger partial charge in [0.05, 0.1) is 39.4 Å². The van der Waals surface area contributed by atoms with E-state index in [1.54, 1.807) is 0 Å². The van der Waals surface area contributed by atoms with Crippen molar-refractivity contribution in [2.45, 2.75) is 26.2 Å². The van der Waals surface area contributed by atoms with Crippen LogP contribution in [-0.2, 0) is 6.42 Å². The molecule has 7 aromatic rings. The highest BCUT2D eigenvalue weighted by Crippen LogP contribution is 2.58. The van der Waals surface area contributed by atoms with Crippen molar-refractivity contribution < 1.29 is 0 Å². The Balaban J connectivity index is 1.27. The molecule has 2 heterocycles. The van der Waals surface area contributed by atoms with Gasteiger partial charge >= 0.3 is 0 Å². The van der Waals surface area contributed by atoms with E-state index in [0.717, 1.165) is 39.6 Å². The molecule has 3 unspecified atom stereocenters. The lowest BCUT2D eigenvalue weighted by Crippen LogP contribution is -2.43. The fraction of sp³-hybridized carbons (Fsp3) is 0.130. The second-order valence-electron chi connectivity index (χ2n) is 14.0. The van der Waals surface area contributed by atoms with Crippen LogP contribution in [0.15, 0.2) is 146 Å². The molecule has 2 aromatic heterocycles. The summed E-state index contributed by atoms with van der Waals surface area (Å²) >= 11 is 0. The van der Waals surface area contributed by atoms with E-state index in [1.807, 2.05) is 30.3 Å². The molecule has 0 saturated heterocycles. The van der Waals surface area contributed by atoms with Gasteiger partial charge in [0.15, 0.2) is 0 Å². The fourth-order valence-corrected chi connectivity index (χ4v) is 8.73. The molecule has 238 valence electrons. The zero-order valence-electron chi connectivity index (χ0n) is 28.0. The molecule has 4 nitrogen and oxygen atoms in total. The molecule has 0 amide bonds. The summed E-state index contributed by atoms with van der Waals surface area (Å²) in [7, 11) is 0. The number of hydrogen-bond donors (Lipinski definition) is 0. The molecule has 9 rings (SSSR count). The van der Waals surface area contributed by atoms with E-state index in [0.29, 0.717) is 11.1 Å². The Morgan fingerprint density at radius 2 is 1.44 bits per heavy atom. The smallest absolute Gasteiger partial charge is 0.101 e. The number of nitrogens with zero attached hydrogens (tertiary/aromatic N) is 4. The molecule has 0 N–H and O–H groups in total. The Bertz CT molecular complexity index is 2690.